The monoisotopic (exact) mass is 318 g/mol. The van der Waals surface area contributed by atoms with Crippen molar-refractivity contribution in [2.24, 2.45) is 5.41 Å². The van der Waals surface area contributed by atoms with Crippen molar-refractivity contribution in [1.82, 2.24) is 5.32 Å². The summed E-state index contributed by atoms with van der Waals surface area (Å²) < 4.78 is 5.24. The van der Waals surface area contributed by atoms with E-state index in [0.29, 0.717) is 12.0 Å². The highest BCUT2D eigenvalue weighted by molar-refractivity contribution is 5.67. The molecular weight excluding hydrogens is 288 g/mol. The highest BCUT2D eigenvalue weighted by Gasteiger charge is 2.25. The van der Waals surface area contributed by atoms with Gasteiger partial charge < -0.3 is 15.0 Å². The van der Waals surface area contributed by atoms with E-state index in [1.807, 2.05) is 20.8 Å². The fourth-order valence-electron chi connectivity index (χ4n) is 2.68. The summed E-state index contributed by atoms with van der Waals surface area (Å²) in [6.45, 7) is 13.0. The van der Waals surface area contributed by atoms with Gasteiger partial charge in [-0.05, 0) is 56.7 Å². The van der Waals surface area contributed by atoms with Crippen LogP contribution in [-0.4, -0.2) is 24.8 Å². The average Bonchev–Trinajstić information content (AvgIpc) is 2.44. The molecule has 1 fully saturated rings. The molecule has 0 saturated carbocycles. The number of anilines is 1. The van der Waals surface area contributed by atoms with E-state index in [0.717, 1.165) is 18.7 Å². The third-order valence-electron chi connectivity index (χ3n) is 4.25. The lowest BCUT2D eigenvalue weighted by molar-refractivity contribution is 0.0523. The first-order valence-corrected chi connectivity index (χ1v) is 8.45. The van der Waals surface area contributed by atoms with Crippen molar-refractivity contribution in [3.8, 4) is 0 Å². The van der Waals surface area contributed by atoms with Crippen LogP contribution in [0.1, 0.15) is 53.0 Å². The molecule has 1 saturated heterocycles. The summed E-state index contributed by atoms with van der Waals surface area (Å²) in [4.78, 5) is 14.1. The molecule has 0 spiro atoms. The number of piperidine rings is 1. The zero-order valence-corrected chi connectivity index (χ0v) is 15.1. The fraction of sp³-hybridized carbons (Fsp3) is 0.632. The Labute approximate surface area is 140 Å². The Balaban J connectivity index is 1.84. The molecule has 0 aromatic heterocycles. The molecule has 1 aliphatic heterocycles. The number of rotatable bonds is 3. The molecule has 0 aliphatic carbocycles. The Kier molecular flexibility index (Phi) is 5.23. The van der Waals surface area contributed by atoms with Crippen LogP contribution in [0, 0.1) is 5.41 Å². The largest absolute Gasteiger partial charge is 0.444 e. The van der Waals surface area contributed by atoms with E-state index >= 15 is 0 Å². The van der Waals surface area contributed by atoms with Gasteiger partial charge in [0.15, 0.2) is 0 Å². The summed E-state index contributed by atoms with van der Waals surface area (Å²) in [6.07, 6.45) is 2.09. The molecule has 1 aromatic carbocycles. The molecule has 1 aliphatic rings. The predicted molar refractivity (Wildman–Crippen MR) is 94.7 cm³/mol. The molecule has 0 atom stereocenters. The molecule has 0 bridgehead atoms. The second-order valence-electron chi connectivity index (χ2n) is 8.17. The first-order chi connectivity index (χ1) is 10.6. The third kappa shape index (κ3) is 5.77. The van der Waals surface area contributed by atoms with Crippen molar-refractivity contribution in [2.45, 2.75) is 59.6 Å². The van der Waals surface area contributed by atoms with Gasteiger partial charge in [0.05, 0.1) is 0 Å². The summed E-state index contributed by atoms with van der Waals surface area (Å²) in [6, 6.07) is 8.44. The zero-order valence-electron chi connectivity index (χ0n) is 15.1. The molecule has 0 unspecified atom stereocenters. The van der Waals surface area contributed by atoms with Crippen LogP contribution < -0.4 is 10.2 Å². The number of nitrogens with zero attached hydrogens (tertiary/aromatic N) is 1. The first kappa shape index (κ1) is 17.6. The fourth-order valence-corrected chi connectivity index (χ4v) is 2.68. The predicted octanol–water partition coefficient (Wildman–Crippen LogP) is 4.34. The third-order valence-corrected chi connectivity index (χ3v) is 4.25. The number of amides is 1. The zero-order chi connectivity index (χ0) is 17.1. The van der Waals surface area contributed by atoms with Crippen LogP contribution in [0.2, 0.25) is 0 Å². The van der Waals surface area contributed by atoms with E-state index in [1.54, 1.807) is 0 Å². The number of carbonyl (C=O) groups excluding carboxylic acids is 1. The lowest BCUT2D eigenvalue weighted by Gasteiger charge is -2.38. The van der Waals surface area contributed by atoms with Gasteiger partial charge in [0.25, 0.3) is 0 Å². The maximum absolute atomic E-state index is 11.7. The molecule has 1 heterocycles. The molecular formula is C19H30N2O2. The normalized spacial score (nSPS) is 17.7. The van der Waals surface area contributed by atoms with Gasteiger partial charge in [0.2, 0.25) is 0 Å². The molecule has 1 amide bonds. The Bertz CT molecular complexity index is 519. The van der Waals surface area contributed by atoms with Crippen LogP contribution in [0.3, 0.4) is 0 Å². The molecule has 1 N–H and O–H groups in total. The minimum absolute atomic E-state index is 0.375. The van der Waals surface area contributed by atoms with Gasteiger partial charge in [0.1, 0.15) is 5.60 Å². The SMILES string of the molecule is CC1(C)CCN(c2ccc(CNC(=O)OC(C)(C)C)cc2)CC1. The lowest BCUT2D eigenvalue weighted by Crippen LogP contribution is -2.37. The van der Waals surface area contributed by atoms with E-state index in [4.69, 9.17) is 4.74 Å². The second-order valence-corrected chi connectivity index (χ2v) is 8.17. The number of carbonyl (C=O) groups is 1. The number of nitrogens with one attached hydrogen (secondary N) is 1. The summed E-state index contributed by atoms with van der Waals surface area (Å²) >= 11 is 0. The van der Waals surface area contributed by atoms with Gasteiger partial charge in [-0.15, -0.1) is 0 Å². The minimum atomic E-state index is -0.462. The molecule has 0 radical (unpaired) electrons. The molecule has 4 nitrogen and oxygen atoms in total. The Morgan fingerprint density at radius 2 is 1.74 bits per heavy atom. The highest BCUT2D eigenvalue weighted by atomic mass is 16.6. The van der Waals surface area contributed by atoms with Crippen LogP contribution in [-0.2, 0) is 11.3 Å². The van der Waals surface area contributed by atoms with Crippen LogP contribution >= 0.6 is 0 Å². The van der Waals surface area contributed by atoms with Crippen molar-refractivity contribution in [2.75, 3.05) is 18.0 Å². The standard InChI is InChI=1S/C19H30N2O2/c1-18(2,3)23-17(22)20-14-15-6-8-16(9-7-15)21-12-10-19(4,5)11-13-21/h6-9H,10-14H2,1-5H3,(H,20,22). The van der Waals surface area contributed by atoms with E-state index in [9.17, 15) is 4.79 Å². The van der Waals surface area contributed by atoms with Gasteiger partial charge in [-0.1, -0.05) is 26.0 Å². The molecule has 4 heteroatoms. The van der Waals surface area contributed by atoms with Crippen LogP contribution in [0.4, 0.5) is 10.5 Å². The Morgan fingerprint density at radius 3 is 2.26 bits per heavy atom. The van der Waals surface area contributed by atoms with Crippen molar-refractivity contribution < 1.29 is 9.53 Å². The van der Waals surface area contributed by atoms with E-state index in [2.05, 4.69) is 48.3 Å². The van der Waals surface area contributed by atoms with Crippen molar-refractivity contribution in [3.05, 3.63) is 29.8 Å². The van der Waals surface area contributed by atoms with Crippen LogP contribution in [0.15, 0.2) is 24.3 Å². The van der Waals surface area contributed by atoms with Gasteiger partial charge in [-0.3, -0.25) is 0 Å². The van der Waals surface area contributed by atoms with Crippen molar-refractivity contribution >= 4 is 11.8 Å². The number of ether oxygens (including phenoxy) is 1. The number of alkyl carbamates (subject to hydrolysis) is 1. The Morgan fingerprint density at radius 1 is 1.17 bits per heavy atom. The average molecular weight is 318 g/mol. The topological polar surface area (TPSA) is 41.6 Å². The maximum Gasteiger partial charge on any atom is 0.407 e. The van der Waals surface area contributed by atoms with Crippen LogP contribution in [0.25, 0.3) is 0 Å². The number of benzene rings is 1. The van der Waals surface area contributed by atoms with Crippen molar-refractivity contribution in [3.63, 3.8) is 0 Å². The molecule has 128 valence electrons. The summed E-state index contributed by atoms with van der Waals surface area (Å²) in [5, 5.41) is 2.79. The van der Waals surface area contributed by atoms with Gasteiger partial charge >= 0.3 is 6.09 Å². The maximum atomic E-state index is 11.7. The van der Waals surface area contributed by atoms with Crippen molar-refractivity contribution in [1.29, 1.82) is 0 Å². The highest BCUT2D eigenvalue weighted by Crippen LogP contribution is 2.32. The van der Waals surface area contributed by atoms with E-state index < -0.39 is 5.60 Å². The lowest BCUT2D eigenvalue weighted by atomic mass is 9.82. The summed E-state index contributed by atoms with van der Waals surface area (Å²) in [7, 11) is 0. The summed E-state index contributed by atoms with van der Waals surface area (Å²) in [5.74, 6) is 0. The van der Waals surface area contributed by atoms with E-state index in [-0.39, 0.29) is 6.09 Å². The molecule has 23 heavy (non-hydrogen) atoms. The van der Waals surface area contributed by atoms with Crippen LogP contribution in [0.5, 0.6) is 0 Å². The van der Waals surface area contributed by atoms with Gasteiger partial charge in [0, 0.05) is 25.3 Å². The van der Waals surface area contributed by atoms with Gasteiger partial charge in [-0.25, -0.2) is 4.79 Å². The second kappa shape index (κ2) is 6.81. The smallest absolute Gasteiger partial charge is 0.407 e. The quantitative estimate of drug-likeness (QED) is 0.901. The number of hydrogen-bond donors (Lipinski definition) is 1. The first-order valence-electron chi connectivity index (χ1n) is 8.45. The Hall–Kier alpha value is -1.71. The van der Waals surface area contributed by atoms with Gasteiger partial charge in [-0.2, -0.15) is 0 Å². The summed E-state index contributed by atoms with van der Waals surface area (Å²) in [5.41, 5.74) is 2.35. The minimum Gasteiger partial charge on any atom is -0.444 e. The molecule has 2 rings (SSSR count). The van der Waals surface area contributed by atoms with E-state index in [1.165, 1.54) is 18.5 Å². The molecule has 1 aromatic rings. The number of hydrogen-bond acceptors (Lipinski definition) is 3.